The molecule has 0 spiro atoms. The lowest BCUT2D eigenvalue weighted by atomic mass is 9.64. The first-order chi connectivity index (χ1) is 16.5. The van der Waals surface area contributed by atoms with Crippen molar-refractivity contribution < 1.29 is 14.6 Å². The van der Waals surface area contributed by atoms with E-state index in [4.69, 9.17) is 4.74 Å². The van der Waals surface area contributed by atoms with E-state index in [1.54, 1.807) is 7.11 Å². The van der Waals surface area contributed by atoms with Gasteiger partial charge in [-0.15, -0.1) is 0 Å². The average Bonchev–Trinajstić information content (AvgIpc) is 2.89. The topological polar surface area (TPSA) is 46.5 Å². The highest BCUT2D eigenvalue weighted by Crippen LogP contribution is 2.48. The van der Waals surface area contributed by atoms with Gasteiger partial charge >= 0.3 is 5.97 Å². The molecule has 0 saturated heterocycles. The molecule has 0 aromatic heterocycles. The molecule has 3 nitrogen and oxygen atoms in total. The van der Waals surface area contributed by atoms with E-state index in [1.165, 1.54) is 0 Å². The molecule has 3 heteroatoms. The lowest BCUT2D eigenvalue weighted by Crippen LogP contribution is -2.39. The number of hydrogen-bond acceptors (Lipinski definition) is 2. The van der Waals surface area contributed by atoms with Gasteiger partial charge in [0.2, 0.25) is 0 Å². The number of carbonyl (C=O) groups is 1. The van der Waals surface area contributed by atoms with Crippen LogP contribution in [0.3, 0.4) is 0 Å². The second-order valence-corrected chi connectivity index (χ2v) is 8.81. The highest BCUT2D eigenvalue weighted by Gasteiger charge is 2.46. The van der Waals surface area contributed by atoms with Crippen LogP contribution in [0.15, 0.2) is 109 Å². The summed E-state index contributed by atoms with van der Waals surface area (Å²) in [6, 6.07) is 36.1. The molecule has 5 aromatic rings. The molecular weight excluding hydrogens is 420 g/mol. The number of methoxy groups -OCH3 is 1. The predicted molar refractivity (Wildman–Crippen MR) is 138 cm³/mol. The van der Waals surface area contributed by atoms with Gasteiger partial charge < -0.3 is 9.84 Å². The van der Waals surface area contributed by atoms with Gasteiger partial charge in [-0.05, 0) is 57.3 Å². The highest BCUT2D eigenvalue weighted by molar-refractivity contribution is 5.94. The molecule has 0 amide bonds. The molecule has 168 valence electrons. The molecule has 5 rings (SSSR count). The molecule has 0 radical (unpaired) electrons. The third kappa shape index (κ3) is 3.50. The Kier molecular flexibility index (Phi) is 5.54. The largest absolute Gasteiger partial charge is 0.497 e. The molecule has 0 saturated carbocycles. The Morgan fingerprint density at radius 1 is 0.706 bits per heavy atom. The maximum atomic E-state index is 13.2. The van der Waals surface area contributed by atoms with Gasteiger partial charge in [-0.2, -0.15) is 0 Å². The molecule has 1 unspecified atom stereocenters. The summed E-state index contributed by atoms with van der Waals surface area (Å²) in [7, 11) is 1.61. The number of rotatable bonds is 6. The molecule has 5 aromatic carbocycles. The summed E-state index contributed by atoms with van der Waals surface area (Å²) in [5.41, 5.74) is 1.48. The summed E-state index contributed by atoms with van der Waals surface area (Å²) in [5, 5.41) is 15.1. The van der Waals surface area contributed by atoms with Gasteiger partial charge in [-0.3, -0.25) is 4.79 Å². The first-order valence-electron chi connectivity index (χ1n) is 11.4. The SMILES string of the molecule is COc1ccc(C(C)(C(=O)O)C(c2cccc3ccccc23)c2cccc3ccccc23)cc1. The zero-order chi connectivity index (χ0) is 23.7. The van der Waals surface area contributed by atoms with Crippen LogP contribution in [0.1, 0.15) is 29.5 Å². The predicted octanol–water partition coefficient (Wildman–Crippen LogP) is 7.18. The monoisotopic (exact) mass is 446 g/mol. The molecule has 0 aliphatic rings. The summed E-state index contributed by atoms with van der Waals surface area (Å²) in [6.07, 6.45) is 0. The van der Waals surface area contributed by atoms with Crippen molar-refractivity contribution in [1.29, 1.82) is 0 Å². The number of fused-ring (bicyclic) bond motifs is 2. The fourth-order valence-electron chi connectivity index (χ4n) is 5.14. The maximum absolute atomic E-state index is 13.2. The molecule has 0 bridgehead atoms. The Morgan fingerprint density at radius 3 is 1.65 bits per heavy atom. The van der Waals surface area contributed by atoms with E-state index >= 15 is 0 Å². The summed E-state index contributed by atoms with van der Waals surface area (Å²) in [6.45, 7) is 1.84. The van der Waals surface area contributed by atoms with Crippen LogP contribution >= 0.6 is 0 Å². The molecule has 1 atom stereocenters. The fraction of sp³-hybridized carbons (Fsp3) is 0.129. The first kappa shape index (κ1) is 21.7. The van der Waals surface area contributed by atoms with E-state index in [0.29, 0.717) is 5.75 Å². The van der Waals surface area contributed by atoms with Gasteiger partial charge in [0.25, 0.3) is 0 Å². The smallest absolute Gasteiger partial charge is 0.314 e. The molecule has 0 aliphatic heterocycles. The highest BCUT2D eigenvalue weighted by atomic mass is 16.5. The van der Waals surface area contributed by atoms with E-state index in [9.17, 15) is 9.90 Å². The van der Waals surface area contributed by atoms with Crippen LogP contribution in [0.2, 0.25) is 0 Å². The van der Waals surface area contributed by atoms with E-state index in [0.717, 1.165) is 38.2 Å². The van der Waals surface area contributed by atoms with Crippen LogP contribution in [-0.2, 0) is 10.2 Å². The Morgan fingerprint density at radius 2 is 1.18 bits per heavy atom. The van der Waals surface area contributed by atoms with E-state index in [-0.39, 0.29) is 0 Å². The van der Waals surface area contributed by atoms with Gasteiger partial charge in [-0.25, -0.2) is 0 Å². The van der Waals surface area contributed by atoms with Crippen molar-refractivity contribution >= 4 is 27.5 Å². The Labute approximate surface area is 199 Å². The van der Waals surface area contributed by atoms with Gasteiger partial charge in [0.05, 0.1) is 7.11 Å². The number of ether oxygens (including phenoxy) is 1. The van der Waals surface area contributed by atoms with Crippen molar-refractivity contribution in [2.45, 2.75) is 18.3 Å². The van der Waals surface area contributed by atoms with E-state index in [1.807, 2.05) is 67.6 Å². The lowest BCUT2D eigenvalue weighted by Gasteiger charge is -2.36. The number of carboxylic acid groups (broad SMARTS) is 1. The molecule has 34 heavy (non-hydrogen) atoms. The van der Waals surface area contributed by atoms with Gasteiger partial charge in [-0.1, -0.05) is 97.1 Å². The second kappa shape index (κ2) is 8.68. The fourth-order valence-corrected chi connectivity index (χ4v) is 5.14. The Hall–Kier alpha value is -4.11. The zero-order valence-corrected chi connectivity index (χ0v) is 19.2. The third-order valence-electron chi connectivity index (χ3n) is 6.98. The number of benzene rings is 5. The van der Waals surface area contributed by atoms with Crippen LogP contribution in [-0.4, -0.2) is 18.2 Å². The van der Waals surface area contributed by atoms with Crippen molar-refractivity contribution in [1.82, 2.24) is 0 Å². The Balaban J connectivity index is 1.87. The minimum Gasteiger partial charge on any atom is -0.497 e. The quantitative estimate of drug-likeness (QED) is 0.301. The summed E-state index contributed by atoms with van der Waals surface area (Å²) < 4.78 is 5.34. The van der Waals surface area contributed by atoms with Crippen molar-refractivity contribution in [2.75, 3.05) is 7.11 Å². The second-order valence-electron chi connectivity index (χ2n) is 8.81. The Bertz CT molecular complexity index is 1400. The minimum atomic E-state index is -1.24. The molecular formula is C31H26O3. The average molecular weight is 447 g/mol. The van der Waals surface area contributed by atoms with Crippen LogP contribution in [0, 0.1) is 0 Å². The summed E-state index contributed by atoms with van der Waals surface area (Å²) in [4.78, 5) is 13.2. The molecule has 0 aliphatic carbocycles. The number of aliphatic carboxylic acids is 1. The van der Waals surface area contributed by atoms with Crippen molar-refractivity contribution in [3.05, 3.63) is 126 Å². The zero-order valence-electron chi connectivity index (χ0n) is 19.2. The van der Waals surface area contributed by atoms with Crippen LogP contribution in [0.4, 0.5) is 0 Å². The maximum Gasteiger partial charge on any atom is 0.314 e. The van der Waals surface area contributed by atoms with Gasteiger partial charge in [0.1, 0.15) is 11.2 Å². The van der Waals surface area contributed by atoms with Crippen LogP contribution < -0.4 is 4.74 Å². The molecule has 0 heterocycles. The summed E-state index contributed by atoms with van der Waals surface area (Å²) in [5.74, 6) is -0.609. The summed E-state index contributed by atoms with van der Waals surface area (Å²) >= 11 is 0. The van der Waals surface area contributed by atoms with Crippen molar-refractivity contribution in [2.24, 2.45) is 0 Å². The van der Waals surface area contributed by atoms with Crippen molar-refractivity contribution in [3.63, 3.8) is 0 Å². The molecule has 0 fully saturated rings. The standard InChI is InChI=1S/C31H26O3/c1-31(30(32)33,23-17-19-24(34-2)20-18-23)29(27-15-7-11-21-9-3-5-13-25(21)27)28-16-8-12-22-10-4-6-14-26(22)28/h3-20,29H,1-2H3,(H,32,33). The van der Waals surface area contributed by atoms with Gasteiger partial charge in [0.15, 0.2) is 0 Å². The van der Waals surface area contributed by atoms with Gasteiger partial charge in [0, 0.05) is 5.92 Å². The van der Waals surface area contributed by atoms with Crippen LogP contribution in [0.5, 0.6) is 5.75 Å². The number of hydrogen-bond donors (Lipinski definition) is 1. The normalized spacial score (nSPS) is 13.1. The van der Waals surface area contributed by atoms with Crippen LogP contribution in [0.25, 0.3) is 21.5 Å². The molecule has 1 N–H and O–H groups in total. The van der Waals surface area contributed by atoms with E-state index in [2.05, 4.69) is 48.5 Å². The first-order valence-corrected chi connectivity index (χ1v) is 11.4. The lowest BCUT2D eigenvalue weighted by molar-refractivity contribution is -0.143. The van der Waals surface area contributed by atoms with Crippen molar-refractivity contribution in [3.8, 4) is 5.75 Å². The minimum absolute atomic E-state index is 0.435. The number of carboxylic acids is 1. The van der Waals surface area contributed by atoms with E-state index < -0.39 is 17.3 Å². The third-order valence-corrected chi connectivity index (χ3v) is 6.98.